The van der Waals surface area contributed by atoms with Crippen LogP contribution in [-0.4, -0.2) is 24.6 Å². The molecule has 2 N–H and O–H groups in total. The first-order valence-electron chi connectivity index (χ1n) is 4.67. The van der Waals surface area contributed by atoms with Crippen LogP contribution in [0.5, 0.6) is 5.75 Å². The Balaban J connectivity index is 2.14. The molecule has 0 fully saturated rings. The van der Waals surface area contributed by atoms with Gasteiger partial charge in [-0.25, -0.2) is 0 Å². The van der Waals surface area contributed by atoms with Gasteiger partial charge in [0.25, 0.3) is 0 Å². The molecule has 0 amide bonds. The van der Waals surface area contributed by atoms with E-state index in [-0.39, 0.29) is 12.3 Å². The molecule has 1 rings (SSSR count). The van der Waals surface area contributed by atoms with Crippen LogP contribution in [0.2, 0.25) is 0 Å². The van der Waals surface area contributed by atoms with Crippen LogP contribution < -0.4 is 5.32 Å². The lowest BCUT2D eigenvalue weighted by atomic mass is 10.2. The number of phenolic OH excluding ortho intramolecular Hbond substituents is 1. The molecule has 0 bridgehead atoms. The molecule has 0 aliphatic rings. The molecule has 0 saturated carbocycles. The Kier molecular flexibility index (Phi) is 4.57. The second kappa shape index (κ2) is 5.72. The van der Waals surface area contributed by atoms with Gasteiger partial charge in [0.2, 0.25) is 0 Å². The van der Waals surface area contributed by atoms with Crippen molar-refractivity contribution >= 4 is 0 Å². The predicted molar refractivity (Wildman–Crippen MR) is 51.8 cm³/mol. The number of ether oxygens (including phenoxy) is 1. The first-order chi connectivity index (χ1) is 7.47. The van der Waals surface area contributed by atoms with E-state index in [1.54, 1.807) is 12.1 Å². The average Bonchev–Trinajstić information content (AvgIpc) is 2.19. The number of halogens is 3. The van der Waals surface area contributed by atoms with Crippen LogP contribution in [0.25, 0.3) is 0 Å². The Morgan fingerprint density at radius 2 is 1.81 bits per heavy atom. The second-order valence-corrected chi connectivity index (χ2v) is 3.14. The number of hydrogen-bond acceptors (Lipinski definition) is 3. The number of nitrogens with one attached hydrogen (secondary N) is 1. The van der Waals surface area contributed by atoms with E-state index in [1.807, 2.05) is 0 Å². The van der Waals surface area contributed by atoms with Gasteiger partial charge in [0.15, 0.2) is 0 Å². The number of alkyl halides is 3. The van der Waals surface area contributed by atoms with E-state index in [4.69, 9.17) is 5.11 Å². The molecule has 0 heterocycles. The quantitative estimate of drug-likeness (QED) is 0.767. The summed E-state index contributed by atoms with van der Waals surface area (Å²) in [5.74, 6) is 0.157. The third-order valence-corrected chi connectivity index (χ3v) is 1.81. The van der Waals surface area contributed by atoms with Crippen LogP contribution >= 0.6 is 0 Å². The standard InChI is InChI=1S/C10H12F3NO2/c11-10(12,13)16-6-5-14-7-8-1-3-9(15)4-2-8/h1-4,14-15H,5-7H2. The zero-order valence-electron chi connectivity index (χ0n) is 8.42. The highest BCUT2D eigenvalue weighted by molar-refractivity contribution is 5.25. The molecule has 0 aliphatic carbocycles. The van der Waals surface area contributed by atoms with E-state index in [1.165, 1.54) is 12.1 Å². The zero-order valence-corrected chi connectivity index (χ0v) is 8.42. The maximum Gasteiger partial charge on any atom is 0.522 e. The van der Waals surface area contributed by atoms with E-state index >= 15 is 0 Å². The van der Waals surface area contributed by atoms with Crippen molar-refractivity contribution in [1.29, 1.82) is 0 Å². The maximum absolute atomic E-state index is 11.6. The topological polar surface area (TPSA) is 41.5 Å². The summed E-state index contributed by atoms with van der Waals surface area (Å²) < 4.78 is 38.3. The summed E-state index contributed by atoms with van der Waals surface area (Å²) in [5, 5.41) is 11.8. The van der Waals surface area contributed by atoms with Crippen molar-refractivity contribution in [3.05, 3.63) is 29.8 Å². The fourth-order valence-corrected chi connectivity index (χ4v) is 1.09. The van der Waals surface area contributed by atoms with Gasteiger partial charge >= 0.3 is 6.36 Å². The maximum atomic E-state index is 11.6. The van der Waals surface area contributed by atoms with Gasteiger partial charge in [-0.1, -0.05) is 12.1 Å². The fourth-order valence-electron chi connectivity index (χ4n) is 1.09. The minimum atomic E-state index is -4.57. The summed E-state index contributed by atoms with van der Waals surface area (Å²) in [6, 6.07) is 6.41. The SMILES string of the molecule is Oc1ccc(CNCCOC(F)(F)F)cc1. The fraction of sp³-hybridized carbons (Fsp3) is 0.400. The predicted octanol–water partition coefficient (Wildman–Crippen LogP) is 2.02. The lowest BCUT2D eigenvalue weighted by Gasteiger charge is -2.08. The number of aromatic hydroxyl groups is 1. The van der Waals surface area contributed by atoms with Crippen molar-refractivity contribution in [3.8, 4) is 5.75 Å². The van der Waals surface area contributed by atoms with Crippen LogP contribution in [0.3, 0.4) is 0 Å². The molecule has 3 nitrogen and oxygen atoms in total. The smallest absolute Gasteiger partial charge is 0.508 e. The van der Waals surface area contributed by atoms with Crippen molar-refractivity contribution in [2.24, 2.45) is 0 Å². The highest BCUT2D eigenvalue weighted by Gasteiger charge is 2.28. The summed E-state index contributed by atoms with van der Waals surface area (Å²) in [7, 11) is 0. The molecule has 16 heavy (non-hydrogen) atoms. The Bertz CT molecular complexity index is 311. The summed E-state index contributed by atoms with van der Waals surface area (Å²) in [6.07, 6.45) is -4.57. The molecule has 0 saturated heterocycles. The molecular formula is C10H12F3NO2. The van der Waals surface area contributed by atoms with Crippen molar-refractivity contribution in [2.75, 3.05) is 13.2 Å². The van der Waals surface area contributed by atoms with Crippen LogP contribution in [0.1, 0.15) is 5.56 Å². The van der Waals surface area contributed by atoms with Crippen molar-refractivity contribution in [3.63, 3.8) is 0 Å². The Morgan fingerprint density at radius 3 is 2.38 bits per heavy atom. The largest absolute Gasteiger partial charge is 0.522 e. The molecule has 0 spiro atoms. The normalized spacial score (nSPS) is 11.7. The molecule has 0 aromatic heterocycles. The highest BCUT2D eigenvalue weighted by Crippen LogP contribution is 2.15. The third-order valence-electron chi connectivity index (χ3n) is 1.81. The third kappa shape index (κ3) is 5.57. The van der Waals surface area contributed by atoms with E-state index in [2.05, 4.69) is 10.1 Å². The zero-order chi connectivity index (χ0) is 12.0. The van der Waals surface area contributed by atoms with Gasteiger partial charge in [-0.05, 0) is 17.7 Å². The van der Waals surface area contributed by atoms with Crippen LogP contribution in [0.15, 0.2) is 24.3 Å². The average molecular weight is 235 g/mol. The van der Waals surface area contributed by atoms with Gasteiger partial charge in [0.1, 0.15) is 5.75 Å². The number of rotatable bonds is 5. The molecule has 0 atom stereocenters. The number of hydrogen-bond donors (Lipinski definition) is 2. The molecular weight excluding hydrogens is 223 g/mol. The molecule has 0 radical (unpaired) electrons. The summed E-state index contributed by atoms with van der Waals surface area (Å²) in [6.45, 7) is 0.128. The van der Waals surface area contributed by atoms with Gasteiger partial charge < -0.3 is 10.4 Å². The molecule has 1 aromatic rings. The molecule has 90 valence electrons. The van der Waals surface area contributed by atoms with Gasteiger partial charge in [-0.2, -0.15) is 0 Å². The number of phenols is 1. The minimum absolute atomic E-state index is 0.111. The summed E-state index contributed by atoms with van der Waals surface area (Å²) >= 11 is 0. The van der Waals surface area contributed by atoms with E-state index in [0.29, 0.717) is 6.54 Å². The van der Waals surface area contributed by atoms with Crippen LogP contribution in [-0.2, 0) is 11.3 Å². The Hall–Kier alpha value is -1.27. The molecule has 0 unspecified atom stereocenters. The molecule has 0 aliphatic heterocycles. The highest BCUT2D eigenvalue weighted by atomic mass is 19.4. The van der Waals surface area contributed by atoms with Gasteiger partial charge in [0, 0.05) is 13.1 Å². The molecule has 6 heteroatoms. The van der Waals surface area contributed by atoms with E-state index < -0.39 is 13.0 Å². The summed E-state index contributed by atoms with van der Waals surface area (Å²) in [5.41, 5.74) is 0.879. The van der Waals surface area contributed by atoms with E-state index in [9.17, 15) is 13.2 Å². The van der Waals surface area contributed by atoms with Crippen molar-refractivity contribution in [2.45, 2.75) is 12.9 Å². The first kappa shape index (κ1) is 12.8. The van der Waals surface area contributed by atoms with Gasteiger partial charge in [0.05, 0.1) is 6.61 Å². The van der Waals surface area contributed by atoms with Crippen LogP contribution in [0, 0.1) is 0 Å². The van der Waals surface area contributed by atoms with Crippen molar-refractivity contribution < 1.29 is 23.0 Å². The number of benzene rings is 1. The monoisotopic (exact) mass is 235 g/mol. The lowest BCUT2D eigenvalue weighted by molar-refractivity contribution is -0.323. The Labute approximate surface area is 90.8 Å². The van der Waals surface area contributed by atoms with E-state index in [0.717, 1.165) is 5.56 Å². The Morgan fingerprint density at radius 1 is 1.19 bits per heavy atom. The first-order valence-corrected chi connectivity index (χ1v) is 4.67. The molecule has 1 aromatic carbocycles. The summed E-state index contributed by atoms with van der Waals surface area (Å²) in [4.78, 5) is 0. The van der Waals surface area contributed by atoms with Gasteiger partial charge in [-0.15, -0.1) is 13.2 Å². The lowest BCUT2D eigenvalue weighted by Crippen LogP contribution is -2.23. The van der Waals surface area contributed by atoms with Crippen LogP contribution in [0.4, 0.5) is 13.2 Å². The second-order valence-electron chi connectivity index (χ2n) is 3.14. The van der Waals surface area contributed by atoms with Gasteiger partial charge in [-0.3, -0.25) is 4.74 Å². The van der Waals surface area contributed by atoms with Crippen molar-refractivity contribution in [1.82, 2.24) is 5.32 Å². The minimum Gasteiger partial charge on any atom is -0.508 e.